The van der Waals surface area contributed by atoms with E-state index in [9.17, 15) is 0 Å². The van der Waals surface area contributed by atoms with Crippen molar-refractivity contribution in [2.45, 2.75) is 27.1 Å². The fraction of sp³-hybridized carbons (Fsp3) is 0.222. The molecule has 0 aromatic carbocycles. The number of hydrogen-bond acceptors (Lipinski definition) is 4. The first kappa shape index (κ1) is 16.2. The highest BCUT2D eigenvalue weighted by Crippen LogP contribution is 2.08. The second kappa shape index (κ2) is 6.82. The van der Waals surface area contributed by atoms with Crippen LogP contribution in [0.15, 0.2) is 48.8 Å². The van der Waals surface area contributed by atoms with Gasteiger partial charge in [-0.05, 0) is 38.1 Å². The van der Waals surface area contributed by atoms with Crippen LogP contribution in [-0.2, 0) is 13.2 Å². The van der Waals surface area contributed by atoms with Gasteiger partial charge in [-0.1, -0.05) is 12.1 Å². The molecule has 4 aromatic heterocycles. The van der Waals surface area contributed by atoms with Crippen molar-refractivity contribution >= 4 is 11.3 Å². The highest BCUT2D eigenvalue weighted by atomic mass is 16.3. The predicted octanol–water partition coefficient (Wildman–Crippen LogP) is 2.27. The second-order valence-corrected chi connectivity index (χ2v) is 5.57. The van der Waals surface area contributed by atoms with Gasteiger partial charge < -0.3 is 19.0 Å². The van der Waals surface area contributed by atoms with E-state index in [4.69, 9.17) is 10.2 Å². The summed E-state index contributed by atoms with van der Waals surface area (Å²) in [6, 6.07) is 11.8. The molecule has 4 aromatic rings. The Morgan fingerprint density at radius 2 is 1.17 bits per heavy atom. The molecular weight excluding hydrogens is 304 g/mol. The minimum atomic E-state index is 0.00111. The van der Waals surface area contributed by atoms with E-state index in [1.54, 1.807) is 0 Å². The van der Waals surface area contributed by atoms with E-state index in [-0.39, 0.29) is 13.2 Å². The van der Waals surface area contributed by atoms with Crippen LogP contribution in [0, 0.1) is 13.8 Å². The monoisotopic (exact) mass is 324 g/mol. The van der Waals surface area contributed by atoms with Crippen LogP contribution in [0.3, 0.4) is 0 Å². The van der Waals surface area contributed by atoms with Crippen LogP contribution in [0.25, 0.3) is 11.3 Å². The van der Waals surface area contributed by atoms with Crippen LogP contribution in [0.1, 0.15) is 22.8 Å². The Bertz CT molecular complexity index is 892. The van der Waals surface area contributed by atoms with Crippen LogP contribution in [0.5, 0.6) is 0 Å². The number of pyridine rings is 2. The van der Waals surface area contributed by atoms with Crippen LogP contribution in [0.4, 0.5) is 0 Å². The van der Waals surface area contributed by atoms with Crippen LogP contribution in [-0.4, -0.2) is 29.0 Å². The number of hydrogen-bond donors (Lipinski definition) is 2. The molecule has 0 bridgehead atoms. The maximum Gasteiger partial charge on any atom is 0.137 e. The average molecular weight is 324 g/mol. The third-order valence-electron chi connectivity index (χ3n) is 3.82. The lowest BCUT2D eigenvalue weighted by molar-refractivity contribution is 0.277. The number of aromatic nitrogens is 4. The summed E-state index contributed by atoms with van der Waals surface area (Å²) in [5.41, 5.74) is 5.45. The lowest BCUT2D eigenvalue weighted by Crippen LogP contribution is -1.86. The maximum absolute atomic E-state index is 8.85. The number of fused-ring (bicyclic) bond motifs is 2. The summed E-state index contributed by atoms with van der Waals surface area (Å²) >= 11 is 0. The number of aliphatic hydroxyl groups excluding tert-OH is 2. The molecule has 0 amide bonds. The van der Waals surface area contributed by atoms with Gasteiger partial charge in [-0.25, -0.2) is 9.97 Å². The summed E-state index contributed by atoms with van der Waals surface area (Å²) in [5, 5.41) is 17.7. The zero-order chi connectivity index (χ0) is 17.1. The Hall–Kier alpha value is -2.70. The molecule has 0 radical (unpaired) electrons. The molecule has 124 valence electrons. The molecule has 0 atom stereocenters. The van der Waals surface area contributed by atoms with E-state index >= 15 is 0 Å². The van der Waals surface area contributed by atoms with Gasteiger partial charge in [-0.15, -0.1) is 0 Å². The van der Waals surface area contributed by atoms with E-state index in [1.165, 1.54) is 0 Å². The van der Waals surface area contributed by atoms with Crippen molar-refractivity contribution in [2.24, 2.45) is 0 Å². The highest BCUT2D eigenvalue weighted by Gasteiger charge is 2.01. The van der Waals surface area contributed by atoms with Gasteiger partial charge in [0.2, 0.25) is 0 Å². The molecule has 4 rings (SSSR count). The predicted molar refractivity (Wildman–Crippen MR) is 91.7 cm³/mol. The van der Waals surface area contributed by atoms with Crippen molar-refractivity contribution in [3.05, 3.63) is 71.6 Å². The first-order valence-electron chi connectivity index (χ1n) is 7.71. The molecule has 0 aliphatic rings. The van der Waals surface area contributed by atoms with Crippen molar-refractivity contribution in [1.29, 1.82) is 0 Å². The van der Waals surface area contributed by atoms with Crippen LogP contribution < -0.4 is 0 Å². The van der Waals surface area contributed by atoms with E-state index in [0.717, 1.165) is 22.7 Å². The third-order valence-corrected chi connectivity index (χ3v) is 3.82. The Balaban J connectivity index is 0.000000141. The van der Waals surface area contributed by atoms with Gasteiger partial charge >= 0.3 is 0 Å². The standard InChI is InChI=1S/2C9H10N2O/c2*1-7-3-2-4-9-10-8(6-12)5-11(7)9/h2*2-5,12H,6H2,1H3. The lowest BCUT2D eigenvalue weighted by Gasteiger charge is -1.95. The topological polar surface area (TPSA) is 75.1 Å². The first-order chi connectivity index (χ1) is 11.6. The van der Waals surface area contributed by atoms with E-state index in [0.29, 0.717) is 11.4 Å². The second-order valence-electron chi connectivity index (χ2n) is 5.57. The summed E-state index contributed by atoms with van der Waals surface area (Å²) in [5.74, 6) is 0. The van der Waals surface area contributed by atoms with Gasteiger partial charge in [-0.2, -0.15) is 0 Å². The Kier molecular flexibility index (Phi) is 4.59. The average Bonchev–Trinajstić information content (AvgIpc) is 3.20. The lowest BCUT2D eigenvalue weighted by atomic mass is 10.4. The summed E-state index contributed by atoms with van der Waals surface area (Å²) < 4.78 is 3.93. The number of aryl methyl sites for hydroxylation is 2. The number of imidazole rings is 2. The molecule has 0 aliphatic carbocycles. The van der Waals surface area contributed by atoms with Gasteiger partial charge in [0, 0.05) is 23.8 Å². The van der Waals surface area contributed by atoms with Crippen molar-refractivity contribution in [3.63, 3.8) is 0 Å². The molecule has 0 saturated heterocycles. The Morgan fingerprint density at radius 3 is 1.50 bits per heavy atom. The van der Waals surface area contributed by atoms with Crippen molar-refractivity contribution in [2.75, 3.05) is 0 Å². The first-order valence-corrected chi connectivity index (χ1v) is 7.71. The minimum absolute atomic E-state index is 0.00111. The zero-order valence-corrected chi connectivity index (χ0v) is 13.7. The van der Waals surface area contributed by atoms with Gasteiger partial charge in [0.15, 0.2) is 0 Å². The zero-order valence-electron chi connectivity index (χ0n) is 13.7. The van der Waals surface area contributed by atoms with E-state index < -0.39 is 0 Å². The molecule has 0 saturated carbocycles. The van der Waals surface area contributed by atoms with Gasteiger partial charge in [0.05, 0.1) is 24.6 Å². The van der Waals surface area contributed by atoms with Crippen molar-refractivity contribution in [3.8, 4) is 0 Å². The van der Waals surface area contributed by atoms with Crippen molar-refractivity contribution < 1.29 is 10.2 Å². The van der Waals surface area contributed by atoms with Crippen molar-refractivity contribution in [1.82, 2.24) is 18.8 Å². The van der Waals surface area contributed by atoms with Gasteiger partial charge in [0.1, 0.15) is 11.3 Å². The minimum Gasteiger partial charge on any atom is -0.390 e. The molecule has 0 spiro atoms. The third kappa shape index (κ3) is 3.15. The number of rotatable bonds is 2. The fourth-order valence-corrected chi connectivity index (χ4v) is 2.55. The molecule has 4 heterocycles. The summed E-state index contributed by atoms with van der Waals surface area (Å²) in [6.45, 7) is 4.02. The summed E-state index contributed by atoms with van der Waals surface area (Å²) in [6.07, 6.45) is 3.70. The Morgan fingerprint density at radius 1 is 0.750 bits per heavy atom. The SMILES string of the molecule is Cc1cccc2nc(CO)cn12.Cc1cccc2nc(CO)cn12. The van der Waals surface area contributed by atoms with Gasteiger partial charge in [-0.3, -0.25) is 0 Å². The molecule has 0 aliphatic heterocycles. The fourth-order valence-electron chi connectivity index (χ4n) is 2.55. The number of aliphatic hydroxyl groups is 2. The highest BCUT2D eigenvalue weighted by molar-refractivity contribution is 5.42. The van der Waals surface area contributed by atoms with E-state index in [1.807, 2.05) is 71.4 Å². The summed E-state index contributed by atoms with van der Waals surface area (Å²) in [7, 11) is 0. The Labute approximate surface area is 139 Å². The molecule has 0 fully saturated rings. The maximum atomic E-state index is 8.85. The normalized spacial score (nSPS) is 10.8. The molecule has 6 heteroatoms. The largest absolute Gasteiger partial charge is 0.390 e. The molecule has 6 nitrogen and oxygen atoms in total. The molecule has 2 N–H and O–H groups in total. The molecule has 24 heavy (non-hydrogen) atoms. The van der Waals surface area contributed by atoms with E-state index in [2.05, 4.69) is 9.97 Å². The van der Waals surface area contributed by atoms with Gasteiger partial charge in [0.25, 0.3) is 0 Å². The summed E-state index contributed by atoms with van der Waals surface area (Å²) in [4.78, 5) is 8.41. The van der Waals surface area contributed by atoms with Crippen LogP contribution >= 0.6 is 0 Å². The van der Waals surface area contributed by atoms with Crippen LogP contribution in [0.2, 0.25) is 0 Å². The smallest absolute Gasteiger partial charge is 0.137 e. The number of nitrogens with zero attached hydrogens (tertiary/aromatic N) is 4. The molecular formula is C18H20N4O2. The quantitative estimate of drug-likeness (QED) is 0.593. The molecule has 0 unspecified atom stereocenters.